The number of anilines is 1. The van der Waals surface area contributed by atoms with Gasteiger partial charge < -0.3 is 9.15 Å². The molecule has 0 aliphatic carbocycles. The second-order valence-electron chi connectivity index (χ2n) is 8.93. The van der Waals surface area contributed by atoms with Crippen LogP contribution in [0.25, 0.3) is 22.6 Å². The number of sulfonamides is 1. The van der Waals surface area contributed by atoms with Gasteiger partial charge in [-0.3, -0.25) is 4.72 Å². The molecule has 194 valence electrons. The second-order valence-corrected chi connectivity index (χ2v) is 11.6. The van der Waals surface area contributed by atoms with E-state index < -0.39 is 10.0 Å². The number of aryl methyl sites for hydroxylation is 1. The molecule has 0 spiro atoms. The van der Waals surface area contributed by atoms with Gasteiger partial charge in [0.2, 0.25) is 11.0 Å². The molecule has 0 bridgehead atoms. The van der Waals surface area contributed by atoms with Crippen LogP contribution in [0.5, 0.6) is 5.75 Å². The fourth-order valence-corrected chi connectivity index (χ4v) is 5.65. The van der Waals surface area contributed by atoms with Crippen LogP contribution >= 0.6 is 11.3 Å². The molecule has 0 aliphatic heterocycles. The Morgan fingerprint density at radius 2 is 1.55 bits per heavy atom. The number of nitrogens with one attached hydrogen (secondary N) is 1. The highest BCUT2D eigenvalue weighted by atomic mass is 32.2. The molecule has 2 heterocycles. The van der Waals surface area contributed by atoms with Crippen molar-refractivity contribution < 1.29 is 17.6 Å². The van der Waals surface area contributed by atoms with Gasteiger partial charge in [0.25, 0.3) is 10.0 Å². The van der Waals surface area contributed by atoms with Gasteiger partial charge in [-0.05, 0) is 54.4 Å². The maximum absolute atomic E-state index is 12.7. The molecule has 0 radical (unpaired) electrons. The third kappa shape index (κ3) is 5.76. The summed E-state index contributed by atoms with van der Waals surface area (Å²) < 4.78 is 39.7. The Labute approximate surface area is 225 Å². The van der Waals surface area contributed by atoms with Crippen LogP contribution in [0.4, 0.5) is 5.13 Å². The van der Waals surface area contributed by atoms with Crippen molar-refractivity contribution in [3.05, 3.63) is 95.3 Å². The monoisotopic (exact) mass is 546 g/mol. The van der Waals surface area contributed by atoms with E-state index in [1.165, 1.54) is 23.5 Å². The van der Waals surface area contributed by atoms with Crippen molar-refractivity contribution in [2.24, 2.45) is 0 Å². The predicted molar refractivity (Wildman–Crippen MR) is 148 cm³/mol. The van der Waals surface area contributed by atoms with Gasteiger partial charge in [-0.2, -0.15) is 0 Å². The molecule has 0 aliphatic rings. The molecular formula is C28H26N4O4S2. The van der Waals surface area contributed by atoms with Crippen molar-refractivity contribution in [3.63, 3.8) is 0 Å². The largest absolute Gasteiger partial charge is 0.487 e. The highest BCUT2D eigenvalue weighted by Crippen LogP contribution is 2.28. The molecule has 10 heteroatoms. The summed E-state index contributed by atoms with van der Waals surface area (Å²) in [4.78, 5) is 4.71. The average molecular weight is 547 g/mol. The Bertz CT molecular complexity index is 1630. The van der Waals surface area contributed by atoms with Gasteiger partial charge in [0.05, 0.1) is 4.90 Å². The van der Waals surface area contributed by atoms with E-state index in [-0.39, 0.29) is 22.6 Å². The third-order valence-corrected chi connectivity index (χ3v) is 8.42. The molecule has 0 fully saturated rings. The highest BCUT2D eigenvalue weighted by molar-refractivity contribution is 7.93. The first kappa shape index (κ1) is 25.6. The van der Waals surface area contributed by atoms with Gasteiger partial charge in [-0.1, -0.05) is 67.6 Å². The van der Waals surface area contributed by atoms with Crippen LogP contribution in [0, 0.1) is 6.92 Å². The standard InChI is InChI=1S/C28H26N4O4S2/c1-18(2)27-30-31-28(37-27)32-38(33,34)24-15-13-23(14-16-24)35-17-25-19(3)36-26(29-25)22-11-9-21(10-12-22)20-7-5-4-6-8-20/h4-16,18H,17H2,1-3H3,(H,31,32). The van der Waals surface area contributed by atoms with E-state index in [9.17, 15) is 8.42 Å². The van der Waals surface area contributed by atoms with Crippen LogP contribution in [0.3, 0.4) is 0 Å². The van der Waals surface area contributed by atoms with E-state index in [4.69, 9.17) is 9.15 Å². The van der Waals surface area contributed by atoms with Crippen molar-refractivity contribution in [2.75, 3.05) is 4.72 Å². The van der Waals surface area contributed by atoms with Gasteiger partial charge in [0, 0.05) is 11.5 Å². The van der Waals surface area contributed by atoms with Crippen molar-refractivity contribution >= 4 is 26.5 Å². The molecule has 0 saturated carbocycles. The lowest BCUT2D eigenvalue weighted by atomic mass is 10.0. The van der Waals surface area contributed by atoms with Crippen LogP contribution in [0.15, 0.2) is 88.2 Å². The molecule has 0 amide bonds. The number of benzene rings is 3. The molecule has 2 aromatic heterocycles. The predicted octanol–water partition coefficient (Wildman–Crippen LogP) is 6.67. The summed E-state index contributed by atoms with van der Waals surface area (Å²) in [5.74, 6) is 1.86. The summed E-state index contributed by atoms with van der Waals surface area (Å²) in [5, 5.41) is 8.93. The number of aromatic nitrogens is 3. The molecule has 5 rings (SSSR count). The number of ether oxygens (including phenoxy) is 1. The topological polar surface area (TPSA) is 107 Å². The van der Waals surface area contributed by atoms with Crippen molar-refractivity contribution in [1.29, 1.82) is 0 Å². The smallest absolute Gasteiger partial charge is 0.263 e. The minimum Gasteiger partial charge on any atom is -0.487 e. The minimum absolute atomic E-state index is 0.102. The van der Waals surface area contributed by atoms with E-state index in [1.54, 1.807) is 12.1 Å². The maximum Gasteiger partial charge on any atom is 0.263 e. The Balaban J connectivity index is 1.22. The van der Waals surface area contributed by atoms with Crippen molar-refractivity contribution in [2.45, 2.75) is 38.2 Å². The van der Waals surface area contributed by atoms with Crippen molar-refractivity contribution in [1.82, 2.24) is 15.2 Å². The fourth-order valence-electron chi connectivity index (χ4n) is 3.67. The lowest BCUT2D eigenvalue weighted by Crippen LogP contribution is -2.12. The molecule has 0 atom stereocenters. The number of hydrogen-bond donors (Lipinski definition) is 1. The first-order valence-corrected chi connectivity index (χ1v) is 14.3. The molecule has 8 nitrogen and oxygen atoms in total. The summed E-state index contributed by atoms with van der Waals surface area (Å²) in [6.07, 6.45) is 0. The van der Waals surface area contributed by atoms with Crippen LogP contribution in [-0.2, 0) is 16.6 Å². The molecule has 5 aromatic rings. The van der Waals surface area contributed by atoms with E-state index in [2.05, 4.69) is 32.0 Å². The first-order chi connectivity index (χ1) is 18.3. The summed E-state index contributed by atoms with van der Waals surface area (Å²) >= 11 is 1.22. The van der Waals surface area contributed by atoms with E-state index >= 15 is 0 Å². The first-order valence-electron chi connectivity index (χ1n) is 12.0. The molecule has 1 N–H and O–H groups in total. The van der Waals surface area contributed by atoms with Gasteiger partial charge in [-0.25, -0.2) is 13.4 Å². The summed E-state index contributed by atoms with van der Waals surface area (Å²) in [7, 11) is -3.79. The lowest BCUT2D eigenvalue weighted by Gasteiger charge is -2.07. The van der Waals surface area contributed by atoms with Gasteiger partial charge >= 0.3 is 0 Å². The Morgan fingerprint density at radius 1 is 0.895 bits per heavy atom. The fraction of sp³-hybridized carbons (Fsp3) is 0.179. The molecule has 0 saturated heterocycles. The molecule has 3 aromatic carbocycles. The third-order valence-electron chi connectivity index (χ3n) is 5.80. The van der Waals surface area contributed by atoms with Crippen LogP contribution < -0.4 is 9.46 Å². The molecule has 0 unspecified atom stereocenters. The van der Waals surface area contributed by atoms with Gasteiger partial charge in [0.1, 0.15) is 28.8 Å². The van der Waals surface area contributed by atoms with E-state index in [1.807, 2.05) is 63.2 Å². The number of nitrogens with zero attached hydrogens (tertiary/aromatic N) is 3. The second kappa shape index (κ2) is 10.8. The van der Waals surface area contributed by atoms with Crippen LogP contribution in [-0.4, -0.2) is 23.6 Å². The maximum atomic E-state index is 12.7. The van der Waals surface area contributed by atoms with E-state index in [0.29, 0.717) is 23.1 Å². The Kier molecular flexibility index (Phi) is 7.26. The molecule has 38 heavy (non-hydrogen) atoms. The Morgan fingerprint density at radius 3 is 2.21 bits per heavy atom. The lowest BCUT2D eigenvalue weighted by molar-refractivity contribution is 0.299. The summed E-state index contributed by atoms with van der Waals surface area (Å²) in [6, 6.07) is 24.4. The highest BCUT2D eigenvalue weighted by Gasteiger charge is 2.18. The summed E-state index contributed by atoms with van der Waals surface area (Å²) in [5.41, 5.74) is 3.80. The Hall–Kier alpha value is -4.02. The quantitative estimate of drug-likeness (QED) is 0.220. The minimum atomic E-state index is -3.79. The van der Waals surface area contributed by atoms with Crippen LogP contribution in [0.2, 0.25) is 0 Å². The number of hydrogen-bond acceptors (Lipinski definition) is 8. The van der Waals surface area contributed by atoms with E-state index in [0.717, 1.165) is 21.7 Å². The SMILES string of the molecule is Cc1oc(-c2ccc(-c3ccccc3)cc2)nc1COc1ccc(S(=O)(=O)Nc2nnc(C(C)C)s2)cc1. The number of rotatable bonds is 9. The van der Waals surface area contributed by atoms with Crippen molar-refractivity contribution in [3.8, 4) is 28.3 Å². The zero-order valence-electron chi connectivity index (χ0n) is 21.1. The van der Waals surface area contributed by atoms with Gasteiger partial charge in [-0.15, -0.1) is 10.2 Å². The van der Waals surface area contributed by atoms with Gasteiger partial charge in [0.15, 0.2) is 0 Å². The zero-order valence-corrected chi connectivity index (χ0v) is 22.7. The normalized spacial score (nSPS) is 11.6. The number of oxazole rings is 1. The molecular weight excluding hydrogens is 520 g/mol. The van der Waals surface area contributed by atoms with Crippen LogP contribution in [0.1, 0.15) is 36.2 Å². The average Bonchev–Trinajstić information content (AvgIpc) is 3.54. The zero-order chi connectivity index (χ0) is 26.7. The summed E-state index contributed by atoms with van der Waals surface area (Å²) in [6.45, 7) is 5.97.